The van der Waals surface area contributed by atoms with Crippen LogP contribution in [-0.4, -0.2) is 27.0 Å². The highest BCUT2D eigenvalue weighted by atomic mass is 16.5. The van der Waals surface area contributed by atoms with Gasteiger partial charge in [-0.05, 0) is 42.8 Å². The molecule has 1 amide bonds. The van der Waals surface area contributed by atoms with Crippen LogP contribution in [0.1, 0.15) is 22.8 Å². The molecule has 0 spiro atoms. The quantitative estimate of drug-likeness (QED) is 0.757. The van der Waals surface area contributed by atoms with Crippen molar-refractivity contribution in [3.63, 3.8) is 0 Å². The van der Waals surface area contributed by atoms with E-state index >= 15 is 0 Å². The van der Waals surface area contributed by atoms with E-state index in [9.17, 15) is 4.79 Å². The summed E-state index contributed by atoms with van der Waals surface area (Å²) in [6.07, 6.45) is 6.96. The summed E-state index contributed by atoms with van der Waals surface area (Å²) >= 11 is 0. The number of nitrogens with one attached hydrogen (secondary N) is 1. The zero-order valence-corrected chi connectivity index (χ0v) is 13.3. The average Bonchev–Trinajstić information content (AvgIpc) is 3.16. The largest absolute Gasteiger partial charge is 0.494 e. The predicted molar refractivity (Wildman–Crippen MR) is 90.1 cm³/mol. The number of imidazole rings is 1. The van der Waals surface area contributed by atoms with E-state index in [4.69, 9.17) is 4.74 Å². The van der Waals surface area contributed by atoms with Crippen LogP contribution in [0.5, 0.6) is 5.75 Å². The van der Waals surface area contributed by atoms with Crippen molar-refractivity contribution in [2.45, 2.75) is 13.5 Å². The number of hydrogen-bond acceptors (Lipinski definition) is 4. The fourth-order valence-electron chi connectivity index (χ4n) is 2.22. The molecular weight excluding hydrogens is 304 g/mol. The summed E-state index contributed by atoms with van der Waals surface area (Å²) in [6.45, 7) is 2.95. The molecule has 0 aliphatic rings. The molecule has 6 nitrogen and oxygen atoms in total. The molecule has 0 aliphatic carbocycles. The van der Waals surface area contributed by atoms with Gasteiger partial charge in [0.1, 0.15) is 17.9 Å². The Kier molecular flexibility index (Phi) is 4.86. The van der Waals surface area contributed by atoms with Crippen LogP contribution in [0.2, 0.25) is 0 Å². The molecule has 0 bridgehead atoms. The smallest absolute Gasteiger partial charge is 0.251 e. The van der Waals surface area contributed by atoms with E-state index in [1.807, 2.05) is 29.8 Å². The van der Waals surface area contributed by atoms with Crippen LogP contribution >= 0.6 is 0 Å². The predicted octanol–water partition coefficient (Wildman–Crippen LogP) is 2.60. The van der Waals surface area contributed by atoms with Gasteiger partial charge in [0.15, 0.2) is 0 Å². The third kappa shape index (κ3) is 3.78. The zero-order chi connectivity index (χ0) is 16.8. The Balaban J connectivity index is 1.57. The van der Waals surface area contributed by atoms with Gasteiger partial charge in [-0.1, -0.05) is 6.07 Å². The maximum atomic E-state index is 12.2. The van der Waals surface area contributed by atoms with Gasteiger partial charge in [-0.3, -0.25) is 9.36 Å². The Morgan fingerprint density at radius 3 is 2.67 bits per heavy atom. The number of carbonyl (C=O) groups is 1. The van der Waals surface area contributed by atoms with Crippen LogP contribution in [0.25, 0.3) is 5.82 Å². The number of pyridine rings is 1. The number of rotatable bonds is 6. The fourth-order valence-corrected chi connectivity index (χ4v) is 2.22. The second-order valence-corrected chi connectivity index (χ2v) is 5.13. The molecule has 2 aromatic heterocycles. The Morgan fingerprint density at radius 2 is 2.04 bits per heavy atom. The Bertz CT molecular complexity index is 781. The first kappa shape index (κ1) is 15.7. The van der Waals surface area contributed by atoms with Crippen LogP contribution in [0, 0.1) is 0 Å². The Morgan fingerprint density at radius 1 is 1.21 bits per heavy atom. The molecule has 0 aliphatic heterocycles. The SMILES string of the molecule is CCOc1ccc(C(=O)NCc2ccc(-n3ccnc3)nc2)cc1. The second kappa shape index (κ2) is 7.41. The van der Waals surface area contributed by atoms with Crippen LogP contribution < -0.4 is 10.1 Å². The van der Waals surface area contributed by atoms with E-state index in [-0.39, 0.29) is 5.91 Å². The van der Waals surface area contributed by atoms with E-state index in [1.54, 1.807) is 43.0 Å². The molecule has 0 saturated carbocycles. The molecule has 0 unspecified atom stereocenters. The van der Waals surface area contributed by atoms with Crippen molar-refractivity contribution in [2.75, 3.05) is 6.61 Å². The highest BCUT2D eigenvalue weighted by molar-refractivity contribution is 5.94. The van der Waals surface area contributed by atoms with Gasteiger partial charge < -0.3 is 10.1 Å². The van der Waals surface area contributed by atoms with Gasteiger partial charge in [-0.15, -0.1) is 0 Å². The Hall–Kier alpha value is -3.15. The molecule has 3 rings (SSSR count). The minimum atomic E-state index is -0.128. The number of nitrogens with zero attached hydrogens (tertiary/aromatic N) is 3. The minimum Gasteiger partial charge on any atom is -0.494 e. The van der Waals surface area contributed by atoms with Gasteiger partial charge in [0.05, 0.1) is 6.61 Å². The number of aromatic nitrogens is 3. The number of benzene rings is 1. The lowest BCUT2D eigenvalue weighted by atomic mass is 10.2. The van der Waals surface area contributed by atoms with Crippen LogP contribution in [-0.2, 0) is 6.54 Å². The lowest BCUT2D eigenvalue weighted by molar-refractivity contribution is 0.0951. The van der Waals surface area contributed by atoms with Gasteiger partial charge in [0.25, 0.3) is 5.91 Å². The van der Waals surface area contributed by atoms with E-state index in [0.29, 0.717) is 18.7 Å². The highest BCUT2D eigenvalue weighted by Crippen LogP contribution is 2.12. The van der Waals surface area contributed by atoms with Crippen molar-refractivity contribution in [3.05, 3.63) is 72.4 Å². The molecule has 3 aromatic rings. The van der Waals surface area contributed by atoms with Crippen molar-refractivity contribution >= 4 is 5.91 Å². The van der Waals surface area contributed by atoms with E-state index in [2.05, 4.69) is 15.3 Å². The van der Waals surface area contributed by atoms with Crippen molar-refractivity contribution in [2.24, 2.45) is 0 Å². The van der Waals surface area contributed by atoms with Crippen LogP contribution in [0.15, 0.2) is 61.3 Å². The van der Waals surface area contributed by atoms with Crippen molar-refractivity contribution < 1.29 is 9.53 Å². The third-order valence-electron chi connectivity index (χ3n) is 3.46. The first-order chi connectivity index (χ1) is 11.8. The average molecular weight is 322 g/mol. The van der Waals surface area contributed by atoms with Crippen LogP contribution in [0.4, 0.5) is 0 Å². The second-order valence-electron chi connectivity index (χ2n) is 5.13. The van der Waals surface area contributed by atoms with Gasteiger partial charge >= 0.3 is 0 Å². The molecule has 1 N–H and O–H groups in total. The first-order valence-corrected chi connectivity index (χ1v) is 7.70. The maximum absolute atomic E-state index is 12.2. The first-order valence-electron chi connectivity index (χ1n) is 7.70. The molecule has 6 heteroatoms. The molecule has 0 saturated heterocycles. The third-order valence-corrected chi connectivity index (χ3v) is 3.46. The molecule has 0 atom stereocenters. The Labute approximate surface area is 140 Å². The van der Waals surface area contributed by atoms with E-state index < -0.39 is 0 Å². The summed E-state index contributed by atoms with van der Waals surface area (Å²) in [7, 11) is 0. The molecular formula is C18H18N4O2. The molecule has 0 fully saturated rings. The molecule has 24 heavy (non-hydrogen) atoms. The van der Waals surface area contributed by atoms with Crippen molar-refractivity contribution in [3.8, 4) is 11.6 Å². The normalized spacial score (nSPS) is 10.4. The fraction of sp³-hybridized carbons (Fsp3) is 0.167. The number of carbonyl (C=O) groups excluding carboxylic acids is 1. The summed E-state index contributed by atoms with van der Waals surface area (Å²) in [5.41, 5.74) is 1.53. The maximum Gasteiger partial charge on any atom is 0.251 e. The van der Waals surface area contributed by atoms with Crippen molar-refractivity contribution in [1.29, 1.82) is 0 Å². The van der Waals surface area contributed by atoms with E-state index in [0.717, 1.165) is 17.1 Å². The summed E-state index contributed by atoms with van der Waals surface area (Å²) in [6, 6.07) is 10.9. The van der Waals surface area contributed by atoms with Gasteiger partial charge in [-0.2, -0.15) is 0 Å². The minimum absolute atomic E-state index is 0.128. The molecule has 122 valence electrons. The summed E-state index contributed by atoms with van der Waals surface area (Å²) in [5, 5.41) is 2.88. The summed E-state index contributed by atoms with van der Waals surface area (Å²) in [4.78, 5) is 20.5. The van der Waals surface area contributed by atoms with Gasteiger partial charge in [0.2, 0.25) is 0 Å². The van der Waals surface area contributed by atoms with Gasteiger partial charge in [-0.25, -0.2) is 9.97 Å². The lowest BCUT2D eigenvalue weighted by Gasteiger charge is -2.07. The number of ether oxygens (including phenoxy) is 1. The van der Waals surface area contributed by atoms with Crippen molar-refractivity contribution in [1.82, 2.24) is 19.9 Å². The summed E-state index contributed by atoms with van der Waals surface area (Å²) < 4.78 is 7.19. The number of hydrogen-bond donors (Lipinski definition) is 1. The monoisotopic (exact) mass is 322 g/mol. The standard InChI is InChI=1S/C18H18N4O2/c1-2-24-16-6-4-15(5-7-16)18(23)21-12-14-3-8-17(20-11-14)22-10-9-19-13-22/h3-11,13H,2,12H2,1H3,(H,21,23). The lowest BCUT2D eigenvalue weighted by Crippen LogP contribution is -2.22. The van der Waals surface area contributed by atoms with Gasteiger partial charge in [0, 0.05) is 30.7 Å². The molecule has 0 radical (unpaired) electrons. The molecule has 2 heterocycles. The van der Waals surface area contributed by atoms with E-state index in [1.165, 1.54) is 0 Å². The zero-order valence-electron chi connectivity index (χ0n) is 13.3. The molecule has 1 aromatic carbocycles. The summed E-state index contributed by atoms with van der Waals surface area (Å²) in [5.74, 6) is 1.42. The number of amides is 1. The highest BCUT2D eigenvalue weighted by Gasteiger charge is 2.06. The topological polar surface area (TPSA) is 69.0 Å². The van der Waals surface area contributed by atoms with Crippen LogP contribution in [0.3, 0.4) is 0 Å².